The highest BCUT2D eigenvalue weighted by atomic mass is 16.5. The summed E-state index contributed by atoms with van der Waals surface area (Å²) in [5.41, 5.74) is 5.63. The predicted molar refractivity (Wildman–Crippen MR) is 76.9 cm³/mol. The number of hydrogen-bond donors (Lipinski definition) is 1. The molecule has 1 aromatic carbocycles. The molecule has 112 valence electrons. The molecule has 0 aliphatic carbocycles. The molecule has 0 aliphatic heterocycles. The SMILES string of the molecule is CCCCc1noc([C@@H](C)Oc2ccc(C(N)=O)cc2)n1. The van der Waals surface area contributed by atoms with Crippen molar-refractivity contribution in [3.8, 4) is 5.75 Å². The number of carbonyl (C=O) groups excluding carboxylic acids is 1. The summed E-state index contributed by atoms with van der Waals surface area (Å²) in [4.78, 5) is 15.3. The molecule has 1 heterocycles. The van der Waals surface area contributed by atoms with Crippen LogP contribution in [-0.2, 0) is 6.42 Å². The van der Waals surface area contributed by atoms with E-state index >= 15 is 0 Å². The molecule has 1 atom stereocenters. The fraction of sp³-hybridized carbons (Fsp3) is 0.400. The van der Waals surface area contributed by atoms with Gasteiger partial charge in [0.05, 0.1) is 0 Å². The number of unbranched alkanes of at least 4 members (excludes halogenated alkanes) is 1. The van der Waals surface area contributed by atoms with E-state index in [9.17, 15) is 4.79 Å². The highest BCUT2D eigenvalue weighted by molar-refractivity contribution is 5.92. The molecule has 0 fully saturated rings. The van der Waals surface area contributed by atoms with E-state index in [1.807, 2.05) is 6.92 Å². The van der Waals surface area contributed by atoms with Gasteiger partial charge in [0.2, 0.25) is 5.91 Å². The van der Waals surface area contributed by atoms with Gasteiger partial charge in [0.1, 0.15) is 5.75 Å². The van der Waals surface area contributed by atoms with Crippen LogP contribution in [0.4, 0.5) is 0 Å². The Labute approximate surface area is 123 Å². The van der Waals surface area contributed by atoms with Crippen molar-refractivity contribution >= 4 is 5.91 Å². The van der Waals surface area contributed by atoms with Crippen molar-refractivity contribution in [3.05, 3.63) is 41.5 Å². The monoisotopic (exact) mass is 289 g/mol. The largest absolute Gasteiger partial charge is 0.481 e. The van der Waals surface area contributed by atoms with Crippen LogP contribution in [0.2, 0.25) is 0 Å². The molecule has 0 bridgehead atoms. The zero-order chi connectivity index (χ0) is 15.2. The number of carbonyl (C=O) groups is 1. The van der Waals surface area contributed by atoms with Gasteiger partial charge in [0.15, 0.2) is 11.9 Å². The van der Waals surface area contributed by atoms with Gasteiger partial charge in [-0.1, -0.05) is 18.5 Å². The van der Waals surface area contributed by atoms with Crippen LogP contribution in [0.1, 0.15) is 54.9 Å². The van der Waals surface area contributed by atoms with Crippen molar-refractivity contribution in [1.82, 2.24) is 10.1 Å². The number of rotatable bonds is 7. The Morgan fingerprint density at radius 3 is 2.71 bits per heavy atom. The molecule has 0 spiro atoms. The number of hydrogen-bond acceptors (Lipinski definition) is 5. The Hall–Kier alpha value is -2.37. The number of aromatic nitrogens is 2. The van der Waals surface area contributed by atoms with Crippen LogP contribution in [0.3, 0.4) is 0 Å². The number of primary amides is 1. The van der Waals surface area contributed by atoms with E-state index in [1.165, 1.54) is 0 Å². The lowest BCUT2D eigenvalue weighted by Crippen LogP contribution is -2.10. The van der Waals surface area contributed by atoms with E-state index < -0.39 is 5.91 Å². The quantitative estimate of drug-likeness (QED) is 0.846. The van der Waals surface area contributed by atoms with Crippen LogP contribution in [-0.4, -0.2) is 16.0 Å². The standard InChI is InChI=1S/C15H19N3O3/c1-3-4-5-13-17-15(21-18-13)10(2)20-12-8-6-11(7-9-12)14(16)19/h6-10H,3-5H2,1-2H3,(H2,16,19)/t10-/m1/s1. The van der Waals surface area contributed by atoms with Gasteiger partial charge in [-0.05, 0) is 37.6 Å². The van der Waals surface area contributed by atoms with Crippen molar-refractivity contribution in [2.45, 2.75) is 39.2 Å². The highest BCUT2D eigenvalue weighted by Gasteiger charge is 2.16. The fourth-order valence-electron chi connectivity index (χ4n) is 1.82. The first-order valence-corrected chi connectivity index (χ1v) is 6.99. The second-order valence-electron chi connectivity index (χ2n) is 4.80. The van der Waals surface area contributed by atoms with Crippen LogP contribution in [0, 0.1) is 0 Å². The second-order valence-corrected chi connectivity index (χ2v) is 4.80. The summed E-state index contributed by atoms with van der Waals surface area (Å²) < 4.78 is 10.9. The van der Waals surface area contributed by atoms with Crippen LogP contribution >= 0.6 is 0 Å². The zero-order valence-corrected chi connectivity index (χ0v) is 12.2. The molecule has 2 aromatic rings. The van der Waals surface area contributed by atoms with Gasteiger partial charge in [-0.2, -0.15) is 4.98 Å². The first kappa shape index (κ1) is 15.0. The maximum Gasteiger partial charge on any atom is 0.267 e. The molecular formula is C15H19N3O3. The van der Waals surface area contributed by atoms with Crippen molar-refractivity contribution in [2.24, 2.45) is 5.73 Å². The van der Waals surface area contributed by atoms with E-state index in [4.69, 9.17) is 15.0 Å². The highest BCUT2D eigenvalue weighted by Crippen LogP contribution is 2.21. The summed E-state index contributed by atoms with van der Waals surface area (Å²) in [6, 6.07) is 6.60. The number of amides is 1. The van der Waals surface area contributed by atoms with Gasteiger partial charge in [0, 0.05) is 12.0 Å². The minimum atomic E-state index is -0.466. The summed E-state index contributed by atoms with van der Waals surface area (Å²) in [7, 11) is 0. The Morgan fingerprint density at radius 1 is 1.38 bits per heavy atom. The lowest BCUT2D eigenvalue weighted by Gasteiger charge is -2.10. The maximum absolute atomic E-state index is 11.0. The minimum absolute atomic E-state index is 0.354. The van der Waals surface area contributed by atoms with Gasteiger partial charge in [0.25, 0.3) is 5.89 Å². The minimum Gasteiger partial charge on any atom is -0.481 e. The topological polar surface area (TPSA) is 91.2 Å². The van der Waals surface area contributed by atoms with E-state index in [1.54, 1.807) is 24.3 Å². The van der Waals surface area contributed by atoms with Gasteiger partial charge in [-0.3, -0.25) is 4.79 Å². The van der Waals surface area contributed by atoms with Crippen molar-refractivity contribution in [3.63, 3.8) is 0 Å². The lowest BCUT2D eigenvalue weighted by molar-refractivity contribution is 0.1000. The summed E-state index contributed by atoms with van der Waals surface area (Å²) >= 11 is 0. The normalized spacial score (nSPS) is 12.1. The molecule has 0 saturated heterocycles. The Balaban J connectivity index is 1.98. The fourth-order valence-corrected chi connectivity index (χ4v) is 1.82. The Kier molecular flexibility index (Phi) is 4.92. The van der Waals surface area contributed by atoms with Crippen molar-refractivity contribution < 1.29 is 14.1 Å². The zero-order valence-electron chi connectivity index (χ0n) is 12.2. The maximum atomic E-state index is 11.0. The average Bonchev–Trinajstić information content (AvgIpc) is 2.94. The first-order chi connectivity index (χ1) is 10.1. The molecule has 0 unspecified atom stereocenters. The van der Waals surface area contributed by atoms with Crippen LogP contribution in [0.25, 0.3) is 0 Å². The summed E-state index contributed by atoms with van der Waals surface area (Å²) in [5, 5.41) is 3.93. The molecule has 0 radical (unpaired) electrons. The molecule has 1 amide bonds. The van der Waals surface area contributed by atoms with Crippen LogP contribution in [0.15, 0.2) is 28.8 Å². The third-order valence-electron chi connectivity index (χ3n) is 3.04. The molecule has 6 heteroatoms. The van der Waals surface area contributed by atoms with Crippen molar-refractivity contribution in [2.75, 3.05) is 0 Å². The Bertz CT molecular complexity index is 592. The van der Waals surface area contributed by atoms with E-state index in [-0.39, 0.29) is 6.10 Å². The number of nitrogens with two attached hydrogens (primary N) is 1. The molecule has 6 nitrogen and oxygen atoms in total. The van der Waals surface area contributed by atoms with Crippen LogP contribution < -0.4 is 10.5 Å². The van der Waals surface area contributed by atoms with Crippen molar-refractivity contribution in [1.29, 1.82) is 0 Å². The molecule has 0 saturated carbocycles. The van der Waals surface area contributed by atoms with Crippen LogP contribution in [0.5, 0.6) is 5.75 Å². The number of ether oxygens (including phenoxy) is 1. The number of benzene rings is 1. The van der Waals surface area contributed by atoms with Gasteiger partial charge >= 0.3 is 0 Å². The first-order valence-electron chi connectivity index (χ1n) is 6.99. The molecule has 2 N–H and O–H groups in total. The molecular weight excluding hydrogens is 270 g/mol. The second kappa shape index (κ2) is 6.88. The van der Waals surface area contributed by atoms with Gasteiger partial charge in [-0.15, -0.1) is 0 Å². The van der Waals surface area contributed by atoms with E-state index in [2.05, 4.69) is 17.1 Å². The van der Waals surface area contributed by atoms with E-state index in [0.29, 0.717) is 23.0 Å². The number of nitrogens with zero attached hydrogens (tertiary/aromatic N) is 2. The average molecular weight is 289 g/mol. The number of aryl methyl sites for hydroxylation is 1. The lowest BCUT2D eigenvalue weighted by atomic mass is 10.2. The van der Waals surface area contributed by atoms with Gasteiger partial charge < -0.3 is 15.0 Å². The Morgan fingerprint density at radius 2 is 2.10 bits per heavy atom. The summed E-state index contributed by atoms with van der Waals surface area (Å²) in [5.74, 6) is 1.29. The third kappa shape index (κ3) is 4.05. The summed E-state index contributed by atoms with van der Waals surface area (Å²) in [6.45, 7) is 3.95. The predicted octanol–water partition coefficient (Wildman–Crippen LogP) is 2.65. The molecule has 0 aliphatic rings. The van der Waals surface area contributed by atoms with Gasteiger partial charge in [-0.25, -0.2) is 0 Å². The third-order valence-corrected chi connectivity index (χ3v) is 3.04. The molecule has 21 heavy (non-hydrogen) atoms. The summed E-state index contributed by atoms with van der Waals surface area (Å²) in [6.07, 6.45) is 2.57. The molecule has 1 aromatic heterocycles. The molecule has 2 rings (SSSR count). The van der Waals surface area contributed by atoms with E-state index in [0.717, 1.165) is 19.3 Å². The smallest absolute Gasteiger partial charge is 0.267 e.